The van der Waals surface area contributed by atoms with Gasteiger partial charge < -0.3 is 25.2 Å². The van der Waals surface area contributed by atoms with Crippen LogP contribution >= 0.6 is 7.82 Å². The van der Waals surface area contributed by atoms with Crippen molar-refractivity contribution in [1.82, 2.24) is 0 Å². The Labute approximate surface area is 295 Å². The zero-order valence-corrected chi connectivity index (χ0v) is 31.2. The van der Waals surface area contributed by atoms with E-state index >= 15 is 0 Å². The fourth-order valence-electron chi connectivity index (χ4n) is 4.66. The number of aliphatic carboxylic acids is 1. The van der Waals surface area contributed by atoms with Gasteiger partial charge in [0.15, 0.2) is 6.10 Å². The standard InChI is InChI=1S/C37H66NO10P/c1-3-5-7-9-11-12-13-14-15-16-17-18-19-20-21-22-23-25-27-29-36(40)48-33(30-45-35(39)28-26-24-10-8-6-4-2)31-46-49(43,44)47-32-34(38)37(41)42/h11-12,14-15,17-18,33-34H,3-10,13,16,19-32,38H2,1-2H3,(H,41,42)(H,43,44)/b12-11-,15-14-,18-17-. The van der Waals surface area contributed by atoms with Crippen molar-refractivity contribution in [3.8, 4) is 0 Å². The third-order valence-corrected chi connectivity index (χ3v) is 8.59. The van der Waals surface area contributed by atoms with Crippen molar-refractivity contribution in [1.29, 1.82) is 0 Å². The van der Waals surface area contributed by atoms with Crippen LogP contribution in [0.1, 0.15) is 149 Å². The van der Waals surface area contributed by atoms with Crippen LogP contribution in [0, 0.1) is 0 Å². The van der Waals surface area contributed by atoms with E-state index in [1.165, 1.54) is 25.7 Å². The number of hydrogen-bond acceptors (Lipinski definition) is 9. The van der Waals surface area contributed by atoms with Crippen LogP contribution in [-0.2, 0) is 37.5 Å². The minimum absolute atomic E-state index is 0.147. The lowest BCUT2D eigenvalue weighted by molar-refractivity contribution is -0.161. The molecular weight excluding hydrogens is 649 g/mol. The van der Waals surface area contributed by atoms with Gasteiger partial charge in [0, 0.05) is 12.8 Å². The molecule has 0 aromatic heterocycles. The number of phosphoric acid groups is 1. The zero-order valence-electron chi connectivity index (χ0n) is 30.3. The molecule has 0 aliphatic carbocycles. The third-order valence-electron chi connectivity index (χ3n) is 7.64. The van der Waals surface area contributed by atoms with Crippen LogP contribution in [0.15, 0.2) is 36.5 Å². The van der Waals surface area contributed by atoms with Gasteiger partial charge in [-0.2, -0.15) is 0 Å². The fraction of sp³-hybridized carbons (Fsp3) is 0.757. The molecule has 0 saturated heterocycles. The fourth-order valence-corrected chi connectivity index (χ4v) is 5.44. The molecule has 0 saturated carbocycles. The van der Waals surface area contributed by atoms with Crippen LogP contribution in [0.25, 0.3) is 0 Å². The molecule has 12 heteroatoms. The lowest BCUT2D eigenvalue weighted by Crippen LogP contribution is -2.34. The molecule has 0 rings (SSSR count). The average Bonchev–Trinajstić information content (AvgIpc) is 3.07. The second kappa shape index (κ2) is 32.9. The summed E-state index contributed by atoms with van der Waals surface area (Å²) in [6.45, 7) is 2.66. The first-order valence-electron chi connectivity index (χ1n) is 18.5. The average molecular weight is 716 g/mol. The van der Waals surface area contributed by atoms with Crippen LogP contribution in [0.5, 0.6) is 0 Å². The van der Waals surface area contributed by atoms with Crippen molar-refractivity contribution in [3.05, 3.63) is 36.5 Å². The summed E-state index contributed by atoms with van der Waals surface area (Å²) in [5, 5.41) is 8.83. The number of phosphoric ester groups is 1. The van der Waals surface area contributed by atoms with E-state index in [2.05, 4.69) is 54.8 Å². The molecule has 49 heavy (non-hydrogen) atoms. The summed E-state index contributed by atoms with van der Waals surface area (Å²) < 4.78 is 32.4. The lowest BCUT2D eigenvalue weighted by Gasteiger charge is -2.20. The Morgan fingerprint density at radius 2 is 1.08 bits per heavy atom. The molecule has 0 aromatic carbocycles. The number of nitrogens with two attached hydrogens (primary N) is 1. The minimum atomic E-state index is -4.70. The Balaban J connectivity index is 4.36. The molecule has 11 nitrogen and oxygen atoms in total. The van der Waals surface area contributed by atoms with Gasteiger partial charge in [0.1, 0.15) is 12.6 Å². The van der Waals surface area contributed by atoms with Crippen molar-refractivity contribution >= 4 is 25.7 Å². The number of esters is 2. The number of carbonyl (C=O) groups is 3. The molecule has 0 amide bonds. The minimum Gasteiger partial charge on any atom is -0.480 e. The summed E-state index contributed by atoms with van der Waals surface area (Å²) >= 11 is 0. The Hall–Kier alpha value is -2.30. The zero-order chi connectivity index (χ0) is 36.4. The molecule has 0 aliphatic rings. The van der Waals surface area contributed by atoms with Gasteiger partial charge >= 0.3 is 25.7 Å². The van der Waals surface area contributed by atoms with Crippen LogP contribution in [-0.4, -0.2) is 59.9 Å². The molecular formula is C37H66NO10P. The van der Waals surface area contributed by atoms with Crippen molar-refractivity contribution in [2.24, 2.45) is 5.73 Å². The van der Waals surface area contributed by atoms with E-state index in [0.717, 1.165) is 83.5 Å². The maximum atomic E-state index is 12.5. The maximum Gasteiger partial charge on any atom is 0.472 e. The number of carboxylic acids is 1. The maximum absolute atomic E-state index is 12.5. The number of hydrogen-bond donors (Lipinski definition) is 3. The monoisotopic (exact) mass is 715 g/mol. The van der Waals surface area contributed by atoms with Crippen LogP contribution < -0.4 is 5.73 Å². The number of rotatable bonds is 34. The number of carboxylic acid groups (broad SMARTS) is 1. The van der Waals surface area contributed by atoms with Gasteiger partial charge in [-0.25, -0.2) is 4.57 Å². The second-order valence-electron chi connectivity index (χ2n) is 12.4. The summed E-state index contributed by atoms with van der Waals surface area (Å²) in [5.41, 5.74) is 5.30. The SMILES string of the molecule is CCCCC/C=C\C/C=C\C/C=C\CCCCCCCCC(=O)OC(COC(=O)CCCCCCCC)COP(=O)(O)OCC(N)C(=O)O. The highest BCUT2D eigenvalue weighted by Crippen LogP contribution is 2.43. The quantitative estimate of drug-likeness (QED) is 0.0251. The predicted octanol–water partition coefficient (Wildman–Crippen LogP) is 8.89. The van der Waals surface area contributed by atoms with Gasteiger partial charge in [-0.1, -0.05) is 121 Å². The largest absolute Gasteiger partial charge is 0.480 e. The Morgan fingerprint density at radius 1 is 0.633 bits per heavy atom. The van der Waals surface area contributed by atoms with Gasteiger partial charge in [0.25, 0.3) is 0 Å². The molecule has 0 heterocycles. The van der Waals surface area contributed by atoms with Crippen molar-refractivity contribution in [2.75, 3.05) is 19.8 Å². The van der Waals surface area contributed by atoms with Crippen molar-refractivity contribution < 1.29 is 47.5 Å². The van der Waals surface area contributed by atoms with Gasteiger partial charge in [-0.15, -0.1) is 0 Å². The molecule has 4 N–H and O–H groups in total. The Kier molecular flexibility index (Phi) is 31.3. The normalized spacial score (nSPS) is 14.4. The first-order valence-corrected chi connectivity index (χ1v) is 20.0. The number of allylic oxidation sites excluding steroid dienone is 6. The molecule has 284 valence electrons. The highest BCUT2D eigenvalue weighted by atomic mass is 31.2. The first kappa shape index (κ1) is 46.7. The van der Waals surface area contributed by atoms with Crippen LogP contribution in [0.3, 0.4) is 0 Å². The molecule has 0 radical (unpaired) electrons. The molecule has 0 aromatic rings. The molecule has 3 unspecified atom stereocenters. The highest BCUT2D eigenvalue weighted by Gasteiger charge is 2.28. The molecule has 0 bridgehead atoms. The number of ether oxygens (including phenoxy) is 2. The Morgan fingerprint density at radius 3 is 1.65 bits per heavy atom. The van der Waals surface area contributed by atoms with E-state index in [1.54, 1.807) is 0 Å². The summed E-state index contributed by atoms with van der Waals surface area (Å²) in [5.74, 6) is -2.41. The van der Waals surface area contributed by atoms with Crippen LogP contribution in [0.4, 0.5) is 0 Å². The summed E-state index contributed by atoms with van der Waals surface area (Å²) in [6, 6.07) is -1.52. The van der Waals surface area contributed by atoms with E-state index in [9.17, 15) is 23.8 Å². The molecule has 3 atom stereocenters. The van der Waals surface area contributed by atoms with Crippen molar-refractivity contribution in [2.45, 2.75) is 161 Å². The van der Waals surface area contributed by atoms with Gasteiger partial charge in [-0.05, 0) is 51.4 Å². The van der Waals surface area contributed by atoms with E-state index in [1.807, 2.05) is 0 Å². The number of carbonyl (C=O) groups excluding carboxylic acids is 2. The topological polar surface area (TPSA) is 172 Å². The van der Waals surface area contributed by atoms with E-state index in [0.29, 0.717) is 12.8 Å². The first-order chi connectivity index (χ1) is 23.6. The summed E-state index contributed by atoms with van der Waals surface area (Å²) in [6.07, 6.45) is 32.5. The molecule has 0 aliphatic heterocycles. The third kappa shape index (κ3) is 32.7. The smallest absolute Gasteiger partial charge is 0.472 e. The summed E-state index contributed by atoms with van der Waals surface area (Å²) in [7, 11) is -4.70. The van der Waals surface area contributed by atoms with E-state index < -0.39 is 51.1 Å². The van der Waals surface area contributed by atoms with Gasteiger partial charge in [0.2, 0.25) is 0 Å². The number of unbranched alkanes of at least 4 members (excludes halogenated alkanes) is 14. The second-order valence-corrected chi connectivity index (χ2v) is 13.8. The van der Waals surface area contributed by atoms with Gasteiger partial charge in [-0.3, -0.25) is 23.4 Å². The Bertz CT molecular complexity index is 984. The van der Waals surface area contributed by atoms with E-state index in [-0.39, 0.29) is 19.4 Å². The molecule has 0 fully saturated rings. The summed E-state index contributed by atoms with van der Waals surface area (Å²) in [4.78, 5) is 45.5. The van der Waals surface area contributed by atoms with Crippen LogP contribution in [0.2, 0.25) is 0 Å². The van der Waals surface area contributed by atoms with E-state index in [4.69, 9.17) is 24.8 Å². The van der Waals surface area contributed by atoms with Crippen molar-refractivity contribution in [3.63, 3.8) is 0 Å². The highest BCUT2D eigenvalue weighted by molar-refractivity contribution is 7.47. The molecule has 0 spiro atoms. The van der Waals surface area contributed by atoms with Gasteiger partial charge in [0.05, 0.1) is 13.2 Å². The predicted molar refractivity (Wildman–Crippen MR) is 194 cm³/mol. The lowest BCUT2D eigenvalue weighted by atomic mass is 10.1.